The molecule has 1 atom stereocenters. The third-order valence-electron chi connectivity index (χ3n) is 3.10. The predicted molar refractivity (Wildman–Crippen MR) is 51.4 cm³/mol. The van der Waals surface area contributed by atoms with E-state index < -0.39 is 0 Å². The Balaban J connectivity index is 1.72. The number of amides is 1. The number of carbonyl (C=O) groups is 1. The summed E-state index contributed by atoms with van der Waals surface area (Å²) < 4.78 is 0. The topological polar surface area (TPSA) is 41.1 Å². The minimum Gasteiger partial charge on any atom is -0.352 e. The van der Waals surface area contributed by atoms with Gasteiger partial charge in [0.25, 0.3) is 0 Å². The van der Waals surface area contributed by atoms with Crippen LogP contribution in [0.25, 0.3) is 0 Å². The minimum atomic E-state index is 0.0934. The van der Waals surface area contributed by atoms with E-state index in [0.717, 1.165) is 25.3 Å². The Kier molecular flexibility index (Phi) is 2.54. The largest absolute Gasteiger partial charge is 0.352 e. The molecule has 1 heterocycles. The summed E-state index contributed by atoms with van der Waals surface area (Å²) in [7, 11) is 0. The van der Waals surface area contributed by atoms with Crippen molar-refractivity contribution in [2.45, 2.75) is 44.7 Å². The predicted octanol–water partition coefficient (Wildman–Crippen LogP) is 0.653. The molecule has 0 aromatic heterocycles. The van der Waals surface area contributed by atoms with E-state index in [9.17, 15) is 4.79 Å². The number of carbonyl (C=O) groups excluding carboxylic acids is 1. The average Bonchev–Trinajstić information content (AvgIpc) is 2.53. The number of hydrogen-bond donors (Lipinski definition) is 2. The highest BCUT2D eigenvalue weighted by molar-refractivity contribution is 5.82. The third kappa shape index (κ3) is 2.02. The molecule has 74 valence electrons. The van der Waals surface area contributed by atoms with Crippen molar-refractivity contribution in [3.63, 3.8) is 0 Å². The maximum absolute atomic E-state index is 11.6. The SMILES string of the molecule is CC1CC(NC(=O)[C@H]2CCCN2)C1. The molecule has 13 heavy (non-hydrogen) atoms. The first-order chi connectivity index (χ1) is 6.25. The number of rotatable bonds is 2. The molecule has 2 rings (SSSR count). The molecule has 2 aliphatic rings. The van der Waals surface area contributed by atoms with Crippen LogP contribution in [0.2, 0.25) is 0 Å². The van der Waals surface area contributed by atoms with Crippen molar-refractivity contribution in [1.82, 2.24) is 10.6 Å². The summed E-state index contributed by atoms with van der Waals surface area (Å²) in [5.74, 6) is 1.02. The fourth-order valence-electron chi connectivity index (χ4n) is 2.23. The lowest BCUT2D eigenvalue weighted by Crippen LogP contribution is -2.49. The first-order valence-electron chi connectivity index (χ1n) is 5.29. The highest BCUT2D eigenvalue weighted by Gasteiger charge is 2.29. The standard InChI is InChI=1S/C10H18N2O/c1-7-5-8(6-7)12-10(13)9-3-2-4-11-9/h7-9,11H,2-6H2,1H3,(H,12,13)/t7?,8?,9-/m1/s1. The average molecular weight is 182 g/mol. The van der Waals surface area contributed by atoms with Gasteiger partial charge in [-0.1, -0.05) is 6.92 Å². The molecule has 1 saturated heterocycles. The molecular formula is C10H18N2O. The summed E-state index contributed by atoms with van der Waals surface area (Å²) in [6.45, 7) is 3.23. The Morgan fingerprint density at radius 2 is 2.23 bits per heavy atom. The lowest BCUT2D eigenvalue weighted by molar-refractivity contribution is -0.124. The second-order valence-electron chi connectivity index (χ2n) is 4.43. The first-order valence-corrected chi connectivity index (χ1v) is 5.29. The Hall–Kier alpha value is -0.570. The molecule has 0 spiro atoms. The van der Waals surface area contributed by atoms with E-state index in [1.165, 1.54) is 12.8 Å². The summed E-state index contributed by atoms with van der Waals surface area (Å²) in [6, 6.07) is 0.556. The Labute approximate surface area is 79.3 Å². The summed E-state index contributed by atoms with van der Waals surface area (Å²) in [5.41, 5.74) is 0. The van der Waals surface area contributed by atoms with Gasteiger partial charge in [0.05, 0.1) is 6.04 Å². The van der Waals surface area contributed by atoms with Crippen LogP contribution in [0.15, 0.2) is 0 Å². The maximum Gasteiger partial charge on any atom is 0.237 e. The molecule has 1 amide bonds. The summed E-state index contributed by atoms with van der Waals surface area (Å²) in [4.78, 5) is 11.6. The molecule has 0 aromatic carbocycles. The smallest absolute Gasteiger partial charge is 0.237 e. The zero-order valence-corrected chi connectivity index (χ0v) is 8.18. The van der Waals surface area contributed by atoms with Crippen LogP contribution in [0.4, 0.5) is 0 Å². The number of hydrogen-bond acceptors (Lipinski definition) is 2. The molecule has 1 saturated carbocycles. The minimum absolute atomic E-state index is 0.0934. The van der Waals surface area contributed by atoms with Gasteiger partial charge in [-0.2, -0.15) is 0 Å². The van der Waals surface area contributed by atoms with E-state index in [1.54, 1.807) is 0 Å². The maximum atomic E-state index is 11.6. The molecule has 0 radical (unpaired) electrons. The summed E-state index contributed by atoms with van der Waals surface area (Å²) in [5, 5.41) is 6.30. The molecule has 2 N–H and O–H groups in total. The highest BCUT2D eigenvalue weighted by atomic mass is 16.2. The van der Waals surface area contributed by atoms with Crippen LogP contribution in [-0.4, -0.2) is 24.5 Å². The van der Waals surface area contributed by atoms with Gasteiger partial charge in [0.2, 0.25) is 5.91 Å². The van der Waals surface area contributed by atoms with Crippen molar-refractivity contribution in [1.29, 1.82) is 0 Å². The van der Waals surface area contributed by atoms with Gasteiger partial charge in [0, 0.05) is 6.04 Å². The Bertz CT molecular complexity index is 193. The third-order valence-corrected chi connectivity index (χ3v) is 3.10. The Morgan fingerprint density at radius 1 is 1.46 bits per heavy atom. The Morgan fingerprint density at radius 3 is 2.77 bits per heavy atom. The summed E-state index contributed by atoms with van der Waals surface area (Å²) >= 11 is 0. The van der Waals surface area contributed by atoms with Crippen molar-refractivity contribution >= 4 is 5.91 Å². The normalized spacial score (nSPS) is 38.4. The lowest BCUT2D eigenvalue weighted by atomic mass is 9.82. The van der Waals surface area contributed by atoms with E-state index in [-0.39, 0.29) is 11.9 Å². The van der Waals surface area contributed by atoms with Gasteiger partial charge in [-0.3, -0.25) is 4.79 Å². The van der Waals surface area contributed by atoms with E-state index in [2.05, 4.69) is 17.6 Å². The molecule has 1 aliphatic carbocycles. The van der Waals surface area contributed by atoms with Crippen molar-refractivity contribution in [3.8, 4) is 0 Å². The zero-order chi connectivity index (χ0) is 9.26. The molecule has 2 fully saturated rings. The molecule has 0 unspecified atom stereocenters. The van der Waals surface area contributed by atoms with Gasteiger partial charge >= 0.3 is 0 Å². The summed E-state index contributed by atoms with van der Waals surface area (Å²) in [6.07, 6.45) is 4.48. The van der Waals surface area contributed by atoms with Crippen LogP contribution in [-0.2, 0) is 4.79 Å². The van der Waals surface area contributed by atoms with Gasteiger partial charge < -0.3 is 10.6 Å². The fourth-order valence-corrected chi connectivity index (χ4v) is 2.23. The van der Waals surface area contributed by atoms with Crippen LogP contribution in [0.1, 0.15) is 32.6 Å². The van der Waals surface area contributed by atoms with Gasteiger partial charge in [-0.25, -0.2) is 0 Å². The van der Waals surface area contributed by atoms with Crippen LogP contribution in [0, 0.1) is 5.92 Å². The van der Waals surface area contributed by atoms with Gasteiger partial charge in [0.1, 0.15) is 0 Å². The molecular weight excluding hydrogens is 164 g/mol. The van der Waals surface area contributed by atoms with Gasteiger partial charge in [0.15, 0.2) is 0 Å². The lowest BCUT2D eigenvalue weighted by Gasteiger charge is -2.34. The van der Waals surface area contributed by atoms with E-state index in [0.29, 0.717) is 6.04 Å². The van der Waals surface area contributed by atoms with Crippen molar-refractivity contribution in [3.05, 3.63) is 0 Å². The second-order valence-corrected chi connectivity index (χ2v) is 4.43. The van der Waals surface area contributed by atoms with E-state index in [1.807, 2.05) is 0 Å². The molecule has 0 bridgehead atoms. The number of nitrogens with one attached hydrogen (secondary N) is 2. The zero-order valence-electron chi connectivity index (χ0n) is 8.18. The van der Waals surface area contributed by atoms with Gasteiger partial charge in [-0.15, -0.1) is 0 Å². The quantitative estimate of drug-likeness (QED) is 0.658. The van der Waals surface area contributed by atoms with Crippen LogP contribution < -0.4 is 10.6 Å². The second kappa shape index (κ2) is 3.66. The monoisotopic (exact) mass is 182 g/mol. The van der Waals surface area contributed by atoms with Crippen LogP contribution >= 0.6 is 0 Å². The molecule has 0 aromatic rings. The van der Waals surface area contributed by atoms with Crippen molar-refractivity contribution < 1.29 is 4.79 Å². The van der Waals surface area contributed by atoms with E-state index >= 15 is 0 Å². The fraction of sp³-hybridized carbons (Fsp3) is 0.900. The van der Waals surface area contributed by atoms with Crippen molar-refractivity contribution in [2.75, 3.05) is 6.54 Å². The molecule has 1 aliphatic heterocycles. The molecule has 3 heteroatoms. The van der Waals surface area contributed by atoms with Crippen molar-refractivity contribution in [2.24, 2.45) is 5.92 Å². The van der Waals surface area contributed by atoms with Crippen LogP contribution in [0.3, 0.4) is 0 Å². The molecule has 3 nitrogen and oxygen atoms in total. The van der Waals surface area contributed by atoms with Crippen LogP contribution in [0.5, 0.6) is 0 Å². The first kappa shape index (κ1) is 9.00. The van der Waals surface area contributed by atoms with Gasteiger partial charge in [-0.05, 0) is 38.1 Å². The highest BCUT2D eigenvalue weighted by Crippen LogP contribution is 2.26. The van der Waals surface area contributed by atoms with E-state index in [4.69, 9.17) is 0 Å².